The lowest BCUT2D eigenvalue weighted by atomic mass is 10.0. The zero-order valence-corrected chi connectivity index (χ0v) is 11.8. The van der Waals surface area contributed by atoms with Crippen LogP contribution in [0.15, 0.2) is 18.2 Å². The van der Waals surface area contributed by atoms with Crippen molar-refractivity contribution in [3.05, 3.63) is 28.8 Å². The molecule has 4 heteroatoms. The molecule has 2 rings (SSSR count). The molecular formula is C14H21ClN2O. The highest BCUT2D eigenvalue weighted by molar-refractivity contribution is 6.31. The Bertz CT molecular complexity index is 397. The molecule has 3 nitrogen and oxygen atoms in total. The summed E-state index contributed by atoms with van der Waals surface area (Å²) in [7, 11) is 3.86. The van der Waals surface area contributed by atoms with Gasteiger partial charge in [-0.15, -0.1) is 0 Å². The normalized spacial score (nSPS) is 20.9. The average Bonchev–Trinajstić information content (AvgIpc) is 2.39. The van der Waals surface area contributed by atoms with Gasteiger partial charge in [-0.1, -0.05) is 17.7 Å². The molecule has 1 heterocycles. The molecule has 1 N–H and O–H groups in total. The van der Waals surface area contributed by atoms with Crippen LogP contribution in [0.1, 0.15) is 12.0 Å². The standard InChI is InChI=1S/C14H21ClN2O/c1-17-8-7-16-10-12(17)5-3-11-4-6-13(18-2)9-14(11)15/h4,6,9,12,16H,3,5,7-8,10H2,1-2H3. The summed E-state index contributed by atoms with van der Waals surface area (Å²) >= 11 is 6.25. The van der Waals surface area contributed by atoms with E-state index in [1.807, 2.05) is 12.1 Å². The first kappa shape index (κ1) is 13.7. The van der Waals surface area contributed by atoms with Gasteiger partial charge in [0.25, 0.3) is 0 Å². The molecule has 1 aliphatic rings. The number of likely N-dealkylation sites (N-methyl/N-ethyl adjacent to an activating group) is 1. The van der Waals surface area contributed by atoms with Crippen LogP contribution in [-0.2, 0) is 6.42 Å². The number of halogens is 1. The van der Waals surface area contributed by atoms with E-state index in [4.69, 9.17) is 16.3 Å². The van der Waals surface area contributed by atoms with Crippen LogP contribution in [0.25, 0.3) is 0 Å². The number of ether oxygens (including phenoxy) is 1. The monoisotopic (exact) mass is 268 g/mol. The van der Waals surface area contributed by atoms with E-state index in [9.17, 15) is 0 Å². The molecule has 18 heavy (non-hydrogen) atoms. The number of methoxy groups -OCH3 is 1. The number of benzene rings is 1. The fourth-order valence-electron chi connectivity index (χ4n) is 2.36. The van der Waals surface area contributed by atoms with Crippen LogP contribution in [0.5, 0.6) is 5.75 Å². The topological polar surface area (TPSA) is 24.5 Å². The zero-order valence-electron chi connectivity index (χ0n) is 11.1. The first-order valence-electron chi connectivity index (χ1n) is 6.44. The Hall–Kier alpha value is -0.770. The van der Waals surface area contributed by atoms with E-state index in [0.29, 0.717) is 6.04 Å². The molecule has 0 saturated carbocycles. The summed E-state index contributed by atoms with van der Waals surface area (Å²) in [4.78, 5) is 2.42. The maximum Gasteiger partial charge on any atom is 0.120 e. The summed E-state index contributed by atoms with van der Waals surface area (Å²) in [6, 6.07) is 6.54. The van der Waals surface area contributed by atoms with E-state index in [1.54, 1.807) is 7.11 Å². The van der Waals surface area contributed by atoms with Gasteiger partial charge in [0.15, 0.2) is 0 Å². The molecule has 1 aromatic rings. The number of nitrogens with zero attached hydrogens (tertiary/aromatic N) is 1. The first-order chi connectivity index (χ1) is 8.70. The molecule has 0 bridgehead atoms. The van der Waals surface area contributed by atoms with Crippen LogP contribution in [0.4, 0.5) is 0 Å². The van der Waals surface area contributed by atoms with Gasteiger partial charge in [-0.05, 0) is 37.6 Å². The minimum absolute atomic E-state index is 0.608. The van der Waals surface area contributed by atoms with Crippen molar-refractivity contribution in [2.75, 3.05) is 33.8 Å². The zero-order chi connectivity index (χ0) is 13.0. The summed E-state index contributed by atoms with van der Waals surface area (Å²) in [5.74, 6) is 0.820. The Labute approximate surface area is 114 Å². The summed E-state index contributed by atoms with van der Waals surface area (Å²) < 4.78 is 5.16. The molecule has 0 spiro atoms. The van der Waals surface area contributed by atoms with Crippen molar-refractivity contribution in [2.24, 2.45) is 0 Å². The number of hydrogen-bond acceptors (Lipinski definition) is 3. The summed E-state index contributed by atoms with van der Waals surface area (Å²) in [6.45, 7) is 3.29. The van der Waals surface area contributed by atoms with Gasteiger partial charge in [0.1, 0.15) is 5.75 Å². The van der Waals surface area contributed by atoms with Crippen LogP contribution >= 0.6 is 11.6 Å². The first-order valence-corrected chi connectivity index (χ1v) is 6.82. The average molecular weight is 269 g/mol. The van der Waals surface area contributed by atoms with Crippen molar-refractivity contribution in [1.82, 2.24) is 10.2 Å². The smallest absolute Gasteiger partial charge is 0.120 e. The van der Waals surface area contributed by atoms with Gasteiger partial charge < -0.3 is 15.0 Å². The van der Waals surface area contributed by atoms with E-state index in [0.717, 1.165) is 43.2 Å². The van der Waals surface area contributed by atoms with Crippen LogP contribution in [0.3, 0.4) is 0 Å². The predicted molar refractivity (Wildman–Crippen MR) is 75.6 cm³/mol. The maximum atomic E-state index is 6.25. The number of aryl methyl sites for hydroxylation is 1. The second kappa shape index (κ2) is 6.41. The third-order valence-electron chi connectivity index (χ3n) is 3.65. The van der Waals surface area contributed by atoms with Crippen molar-refractivity contribution in [1.29, 1.82) is 0 Å². The van der Waals surface area contributed by atoms with E-state index in [2.05, 4.69) is 23.3 Å². The highest BCUT2D eigenvalue weighted by Gasteiger charge is 2.18. The fourth-order valence-corrected chi connectivity index (χ4v) is 2.63. The van der Waals surface area contributed by atoms with E-state index in [1.165, 1.54) is 5.56 Å². The Balaban J connectivity index is 1.93. The molecule has 0 aliphatic carbocycles. The Kier molecular flexibility index (Phi) is 4.87. The SMILES string of the molecule is COc1ccc(CCC2CNCCN2C)c(Cl)c1. The molecule has 1 fully saturated rings. The third-order valence-corrected chi connectivity index (χ3v) is 4.00. The molecule has 1 unspecified atom stereocenters. The second-order valence-electron chi connectivity index (χ2n) is 4.83. The minimum atomic E-state index is 0.608. The van der Waals surface area contributed by atoms with Gasteiger partial charge in [-0.25, -0.2) is 0 Å². The van der Waals surface area contributed by atoms with Crippen LogP contribution in [-0.4, -0.2) is 44.7 Å². The van der Waals surface area contributed by atoms with Crippen molar-refractivity contribution >= 4 is 11.6 Å². The molecule has 1 aliphatic heterocycles. The summed E-state index contributed by atoms with van der Waals surface area (Å²) in [6.07, 6.45) is 2.15. The molecule has 1 saturated heterocycles. The lowest BCUT2D eigenvalue weighted by Crippen LogP contribution is -2.49. The number of rotatable bonds is 4. The Morgan fingerprint density at radius 2 is 2.33 bits per heavy atom. The second-order valence-corrected chi connectivity index (χ2v) is 5.24. The van der Waals surface area contributed by atoms with Gasteiger partial charge in [-0.2, -0.15) is 0 Å². The minimum Gasteiger partial charge on any atom is -0.497 e. The van der Waals surface area contributed by atoms with Gasteiger partial charge in [-0.3, -0.25) is 0 Å². The van der Waals surface area contributed by atoms with Crippen LogP contribution in [0, 0.1) is 0 Å². The van der Waals surface area contributed by atoms with Crippen molar-refractivity contribution in [2.45, 2.75) is 18.9 Å². The Morgan fingerprint density at radius 3 is 3.00 bits per heavy atom. The molecule has 0 aromatic heterocycles. The van der Waals surface area contributed by atoms with E-state index in [-0.39, 0.29) is 0 Å². The molecule has 0 amide bonds. The van der Waals surface area contributed by atoms with Crippen molar-refractivity contribution in [3.63, 3.8) is 0 Å². The maximum absolute atomic E-state index is 6.25. The van der Waals surface area contributed by atoms with Gasteiger partial charge >= 0.3 is 0 Å². The van der Waals surface area contributed by atoms with Crippen molar-refractivity contribution in [3.8, 4) is 5.75 Å². The summed E-state index contributed by atoms with van der Waals surface area (Å²) in [5, 5.41) is 4.25. The molecule has 0 radical (unpaired) electrons. The summed E-state index contributed by atoms with van der Waals surface area (Å²) in [5.41, 5.74) is 1.21. The number of nitrogens with one attached hydrogen (secondary N) is 1. The Morgan fingerprint density at radius 1 is 1.50 bits per heavy atom. The molecule has 1 aromatic carbocycles. The van der Waals surface area contributed by atoms with Gasteiger partial charge in [0.2, 0.25) is 0 Å². The highest BCUT2D eigenvalue weighted by Crippen LogP contribution is 2.24. The number of hydrogen-bond donors (Lipinski definition) is 1. The largest absolute Gasteiger partial charge is 0.497 e. The highest BCUT2D eigenvalue weighted by atomic mass is 35.5. The van der Waals surface area contributed by atoms with Crippen molar-refractivity contribution < 1.29 is 4.74 Å². The lowest BCUT2D eigenvalue weighted by Gasteiger charge is -2.33. The quantitative estimate of drug-likeness (QED) is 0.906. The van der Waals surface area contributed by atoms with Crippen LogP contribution in [0.2, 0.25) is 5.02 Å². The molecule has 1 atom stereocenters. The van der Waals surface area contributed by atoms with E-state index < -0.39 is 0 Å². The predicted octanol–water partition coefficient (Wildman–Crippen LogP) is 2.18. The molecule has 100 valence electrons. The fraction of sp³-hybridized carbons (Fsp3) is 0.571. The van der Waals surface area contributed by atoms with Gasteiger partial charge in [0.05, 0.1) is 7.11 Å². The number of piperazine rings is 1. The van der Waals surface area contributed by atoms with Gasteiger partial charge in [0, 0.05) is 30.7 Å². The van der Waals surface area contributed by atoms with E-state index >= 15 is 0 Å². The third kappa shape index (κ3) is 3.37. The molecular weight excluding hydrogens is 248 g/mol. The van der Waals surface area contributed by atoms with Crippen LogP contribution < -0.4 is 10.1 Å². The lowest BCUT2D eigenvalue weighted by molar-refractivity contribution is 0.191.